The predicted molar refractivity (Wildman–Crippen MR) is 39.9 cm³/mol. The van der Waals surface area contributed by atoms with Gasteiger partial charge in [0.15, 0.2) is 0 Å². The summed E-state index contributed by atoms with van der Waals surface area (Å²) in [5.74, 6) is -2.54. The quantitative estimate of drug-likeness (QED) is 0.489. The van der Waals surface area contributed by atoms with E-state index < -0.39 is 43.4 Å². The summed E-state index contributed by atoms with van der Waals surface area (Å²) in [7, 11) is 0. The lowest BCUT2D eigenvalue weighted by Gasteiger charge is -2.34. The molecule has 0 aromatic carbocycles. The van der Waals surface area contributed by atoms with Crippen LogP contribution in [0.3, 0.4) is 0 Å². The number of rotatable bonds is 1. The van der Waals surface area contributed by atoms with Crippen molar-refractivity contribution in [3.8, 4) is 0 Å². The van der Waals surface area contributed by atoms with Crippen LogP contribution in [-0.4, -0.2) is 58.7 Å². The Hall–Kier alpha value is -0.900. The molecule has 0 aromatic heterocycles. The van der Waals surface area contributed by atoms with E-state index in [9.17, 15) is 18.0 Å². The van der Waals surface area contributed by atoms with Crippen LogP contribution in [0.4, 0.5) is 13.2 Å². The lowest BCUT2D eigenvalue weighted by molar-refractivity contribution is -0.278. The van der Waals surface area contributed by atoms with E-state index in [1.165, 1.54) is 0 Å². The van der Waals surface area contributed by atoms with Gasteiger partial charge in [-0.2, -0.15) is 13.2 Å². The summed E-state index contributed by atoms with van der Waals surface area (Å²) >= 11 is 0. The minimum absolute atomic E-state index is 0.548. The molecule has 16 heavy (non-hydrogen) atoms. The zero-order valence-corrected chi connectivity index (χ0v) is 7.72. The zero-order chi connectivity index (χ0) is 12.5. The highest BCUT2D eigenvalue weighted by molar-refractivity contribution is 5.75. The predicted octanol–water partition coefficient (Wildman–Crippen LogP) is -1.47. The maximum absolute atomic E-state index is 11.8. The molecule has 1 fully saturated rings. The third kappa shape index (κ3) is 2.82. The summed E-state index contributed by atoms with van der Waals surface area (Å²) < 4.78 is 43.6. The Morgan fingerprint density at radius 3 is 2.31 bits per heavy atom. The smallest absolute Gasteiger partial charge is 0.426 e. The van der Waals surface area contributed by atoms with Gasteiger partial charge in [-0.15, -0.1) is 0 Å². The molecular formula is C7H9F3O6. The van der Waals surface area contributed by atoms with E-state index in [0.717, 1.165) is 0 Å². The molecule has 3 N–H and O–H groups in total. The van der Waals surface area contributed by atoms with Crippen molar-refractivity contribution in [3.05, 3.63) is 0 Å². The molecule has 1 saturated heterocycles. The van der Waals surface area contributed by atoms with Gasteiger partial charge in [-0.05, 0) is 0 Å². The van der Waals surface area contributed by atoms with Crippen molar-refractivity contribution in [2.24, 2.45) is 0 Å². The van der Waals surface area contributed by atoms with Crippen LogP contribution in [0.2, 0.25) is 0 Å². The van der Waals surface area contributed by atoms with Crippen molar-refractivity contribution < 1.29 is 42.8 Å². The summed E-state index contributed by atoms with van der Waals surface area (Å²) in [6.07, 6.45) is -12.3. The molecule has 0 amide bonds. The number of carbonyl (C=O) groups is 1. The number of carbonyl (C=O) groups excluding carboxylic acids is 1. The minimum Gasteiger partial charge on any atom is -0.426 e. The zero-order valence-electron chi connectivity index (χ0n) is 7.72. The molecule has 0 bridgehead atoms. The lowest BCUT2D eigenvalue weighted by atomic mass is 10.1. The molecule has 0 spiro atoms. The maximum Gasteiger partial charge on any atom is 0.491 e. The summed E-state index contributed by atoms with van der Waals surface area (Å²) in [4.78, 5) is 10.4. The third-order valence-corrected chi connectivity index (χ3v) is 1.91. The number of aliphatic hydroxyl groups is 3. The first-order valence-corrected chi connectivity index (χ1v) is 4.17. The first-order valence-electron chi connectivity index (χ1n) is 4.17. The van der Waals surface area contributed by atoms with Gasteiger partial charge in [-0.25, -0.2) is 4.79 Å². The van der Waals surface area contributed by atoms with Gasteiger partial charge in [0.1, 0.15) is 18.3 Å². The number of ether oxygens (including phenoxy) is 2. The fraction of sp³-hybridized carbons (Fsp3) is 0.857. The van der Waals surface area contributed by atoms with Gasteiger partial charge in [0, 0.05) is 0 Å². The first-order chi connectivity index (χ1) is 7.23. The van der Waals surface area contributed by atoms with Gasteiger partial charge >= 0.3 is 12.1 Å². The van der Waals surface area contributed by atoms with Crippen molar-refractivity contribution in [1.82, 2.24) is 0 Å². The van der Waals surface area contributed by atoms with Crippen LogP contribution < -0.4 is 0 Å². The van der Waals surface area contributed by atoms with Crippen molar-refractivity contribution in [2.45, 2.75) is 30.8 Å². The molecule has 1 heterocycles. The number of hydrogen-bond donors (Lipinski definition) is 3. The Kier molecular flexibility index (Phi) is 3.73. The minimum atomic E-state index is -5.22. The second-order valence-corrected chi connectivity index (χ2v) is 3.15. The standard InChI is InChI=1S/C7H9F3O6/c8-7(9,10)6(14)16-5-4(13)3(12)2(11)1-15-5/h2-5,11-13H,1H2/t2-,3+,4-,5+/m1/s1. The number of aliphatic hydroxyl groups excluding tert-OH is 3. The number of hydrogen-bond acceptors (Lipinski definition) is 6. The summed E-state index contributed by atoms with van der Waals surface area (Å²) in [6, 6.07) is 0. The van der Waals surface area contributed by atoms with E-state index in [-0.39, 0.29) is 0 Å². The Labute approximate surface area is 87.2 Å². The molecule has 0 saturated carbocycles. The Bertz CT molecular complexity index is 267. The van der Waals surface area contributed by atoms with Crippen molar-refractivity contribution >= 4 is 5.97 Å². The summed E-state index contributed by atoms with van der Waals surface area (Å²) in [5.41, 5.74) is 0. The van der Waals surface area contributed by atoms with Crippen molar-refractivity contribution in [3.63, 3.8) is 0 Å². The van der Waals surface area contributed by atoms with E-state index in [4.69, 9.17) is 15.3 Å². The molecular weight excluding hydrogens is 237 g/mol. The summed E-state index contributed by atoms with van der Waals surface area (Å²) in [5, 5.41) is 27.2. The fourth-order valence-electron chi connectivity index (χ4n) is 1.06. The first kappa shape index (κ1) is 13.2. The monoisotopic (exact) mass is 246 g/mol. The number of alkyl halides is 3. The molecule has 6 nitrogen and oxygen atoms in total. The topological polar surface area (TPSA) is 96.2 Å². The largest absolute Gasteiger partial charge is 0.491 e. The van der Waals surface area contributed by atoms with E-state index in [2.05, 4.69) is 9.47 Å². The molecule has 94 valence electrons. The highest BCUT2D eigenvalue weighted by Gasteiger charge is 2.46. The van der Waals surface area contributed by atoms with Crippen LogP contribution in [0, 0.1) is 0 Å². The van der Waals surface area contributed by atoms with E-state index in [1.807, 2.05) is 0 Å². The lowest BCUT2D eigenvalue weighted by Crippen LogP contribution is -2.54. The van der Waals surface area contributed by atoms with Crippen molar-refractivity contribution in [2.75, 3.05) is 6.61 Å². The second-order valence-electron chi connectivity index (χ2n) is 3.15. The van der Waals surface area contributed by atoms with Crippen LogP contribution in [0.5, 0.6) is 0 Å². The van der Waals surface area contributed by atoms with Gasteiger partial charge in [-0.1, -0.05) is 0 Å². The second kappa shape index (κ2) is 4.53. The highest BCUT2D eigenvalue weighted by Crippen LogP contribution is 2.22. The summed E-state index contributed by atoms with van der Waals surface area (Å²) in [6.45, 7) is -0.548. The van der Waals surface area contributed by atoms with Crippen LogP contribution in [-0.2, 0) is 14.3 Å². The Morgan fingerprint density at radius 1 is 1.25 bits per heavy atom. The van der Waals surface area contributed by atoms with E-state index in [1.54, 1.807) is 0 Å². The molecule has 0 unspecified atom stereocenters. The van der Waals surface area contributed by atoms with Gasteiger partial charge in [-0.3, -0.25) is 0 Å². The van der Waals surface area contributed by atoms with Gasteiger partial charge in [0.2, 0.25) is 6.29 Å². The average Bonchev–Trinajstić information content (AvgIpc) is 2.17. The van der Waals surface area contributed by atoms with Crippen LogP contribution in [0.25, 0.3) is 0 Å². The Morgan fingerprint density at radius 2 is 1.81 bits per heavy atom. The molecule has 1 aliphatic heterocycles. The highest BCUT2D eigenvalue weighted by atomic mass is 19.4. The van der Waals surface area contributed by atoms with Crippen LogP contribution in [0.15, 0.2) is 0 Å². The molecule has 1 aliphatic rings. The van der Waals surface area contributed by atoms with Gasteiger partial charge < -0.3 is 24.8 Å². The number of halogens is 3. The fourth-order valence-corrected chi connectivity index (χ4v) is 1.06. The Balaban J connectivity index is 2.59. The molecule has 0 aliphatic carbocycles. The van der Waals surface area contributed by atoms with Gasteiger partial charge in [0.05, 0.1) is 6.61 Å². The van der Waals surface area contributed by atoms with Crippen LogP contribution in [0.1, 0.15) is 0 Å². The van der Waals surface area contributed by atoms with Crippen LogP contribution >= 0.6 is 0 Å². The molecule has 1 rings (SSSR count). The van der Waals surface area contributed by atoms with Crippen molar-refractivity contribution in [1.29, 1.82) is 0 Å². The normalized spacial score (nSPS) is 35.9. The van der Waals surface area contributed by atoms with E-state index in [0.29, 0.717) is 0 Å². The SMILES string of the molecule is O=C(O[C@@H]1OC[C@@H](O)[C@H](O)[C@H]1O)C(F)(F)F. The molecule has 0 aromatic rings. The maximum atomic E-state index is 11.8. The van der Waals surface area contributed by atoms with Gasteiger partial charge in [0.25, 0.3) is 0 Å². The average molecular weight is 246 g/mol. The molecule has 4 atom stereocenters. The van der Waals surface area contributed by atoms with E-state index >= 15 is 0 Å². The molecule has 0 radical (unpaired) electrons. The third-order valence-electron chi connectivity index (χ3n) is 1.91. The molecule has 9 heteroatoms. The number of esters is 1.